The Morgan fingerprint density at radius 1 is 1.19 bits per heavy atom. The van der Waals surface area contributed by atoms with E-state index in [1.807, 2.05) is 0 Å². The smallest absolute Gasteiger partial charge is 0.193 e. The van der Waals surface area contributed by atoms with Crippen LogP contribution in [0.2, 0.25) is 0 Å². The number of halogens is 2. The van der Waals surface area contributed by atoms with Gasteiger partial charge in [0, 0.05) is 38.8 Å². The monoisotopic (exact) mass is 378 g/mol. The van der Waals surface area contributed by atoms with Gasteiger partial charge in [0.25, 0.3) is 0 Å². The quantitative estimate of drug-likeness (QED) is 0.609. The van der Waals surface area contributed by atoms with Crippen molar-refractivity contribution in [3.8, 4) is 0 Å². The summed E-state index contributed by atoms with van der Waals surface area (Å²) < 4.78 is 26.8. The molecule has 2 aliphatic rings. The standard InChI is InChI=1S/C21H32F2N4/c1-2-24-21(25-10-8-18-6-7-19(22)14-20(18)23)27-13-9-17(16-27)15-26-11-4-3-5-12-26/h6-7,14,17H,2-5,8-13,15-16H2,1H3,(H,24,25). The number of benzene rings is 1. The van der Waals surface area contributed by atoms with E-state index in [4.69, 9.17) is 4.99 Å². The van der Waals surface area contributed by atoms with Crippen LogP contribution in [0.5, 0.6) is 0 Å². The summed E-state index contributed by atoms with van der Waals surface area (Å²) in [5.74, 6) is 0.588. The Labute approximate surface area is 161 Å². The van der Waals surface area contributed by atoms with Gasteiger partial charge in [-0.05, 0) is 63.2 Å². The molecule has 1 aromatic rings. The molecule has 0 saturated carbocycles. The number of rotatable bonds is 6. The molecule has 3 rings (SSSR count). The van der Waals surface area contributed by atoms with Crippen LogP contribution in [0, 0.1) is 17.6 Å². The Bertz CT molecular complexity index is 629. The molecule has 0 aromatic heterocycles. The van der Waals surface area contributed by atoms with E-state index in [9.17, 15) is 8.78 Å². The van der Waals surface area contributed by atoms with Crippen molar-refractivity contribution in [1.82, 2.24) is 15.1 Å². The number of likely N-dealkylation sites (tertiary alicyclic amines) is 2. The Morgan fingerprint density at radius 3 is 2.74 bits per heavy atom. The summed E-state index contributed by atoms with van der Waals surface area (Å²) in [6, 6.07) is 3.76. The molecule has 0 radical (unpaired) electrons. The molecule has 4 nitrogen and oxygen atoms in total. The van der Waals surface area contributed by atoms with Crippen molar-refractivity contribution in [3.05, 3.63) is 35.4 Å². The lowest BCUT2D eigenvalue weighted by Gasteiger charge is -2.29. The molecule has 150 valence electrons. The van der Waals surface area contributed by atoms with Crippen molar-refractivity contribution < 1.29 is 8.78 Å². The number of aliphatic imine (C=N–C) groups is 1. The number of piperidine rings is 1. The fourth-order valence-electron chi connectivity index (χ4n) is 4.11. The first kappa shape index (κ1) is 20.1. The third kappa shape index (κ3) is 5.89. The Morgan fingerprint density at radius 2 is 2.00 bits per heavy atom. The predicted octanol–water partition coefficient (Wildman–Crippen LogP) is 3.28. The normalized spacial score (nSPS) is 21.7. The molecule has 27 heavy (non-hydrogen) atoms. The lowest BCUT2D eigenvalue weighted by atomic mass is 10.1. The summed E-state index contributed by atoms with van der Waals surface area (Å²) in [5, 5.41) is 3.37. The second kappa shape index (κ2) is 10.0. The second-order valence-corrected chi connectivity index (χ2v) is 7.68. The molecular formula is C21H32F2N4. The van der Waals surface area contributed by atoms with Gasteiger partial charge in [0.1, 0.15) is 11.6 Å². The molecule has 0 aliphatic carbocycles. The van der Waals surface area contributed by atoms with Gasteiger partial charge in [0.15, 0.2) is 5.96 Å². The number of hydrogen-bond acceptors (Lipinski definition) is 2. The van der Waals surface area contributed by atoms with E-state index in [1.165, 1.54) is 57.5 Å². The summed E-state index contributed by atoms with van der Waals surface area (Å²) in [6.45, 7) is 9.12. The first-order chi connectivity index (χ1) is 13.2. The van der Waals surface area contributed by atoms with Crippen molar-refractivity contribution in [3.63, 3.8) is 0 Å². The molecule has 0 bridgehead atoms. The Kier molecular flexibility index (Phi) is 7.44. The Balaban J connectivity index is 1.52. The topological polar surface area (TPSA) is 30.9 Å². The first-order valence-electron chi connectivity index (χ1n) is 10.3. The van der Waals surface area contributed by atoms with Gasteiger partial charge in [-0.15, -0.1) is 0 Å². The van der Waals surface area contributed by atoms with Crippen molar-refractivity contribution in [1.29, 1.82) is 0 Å². The molecule has 2 heterocycles. The van der Waals surface area contributed by atoms with Crippen molar-refractivity contribution in [2.45, 2.75) is 39.0 Å². The lowest BCUT2D eigenvalue weighted by molar-refractivity contribution is 0.198. The van der Waals surface area contributed by atoms with E-state index in [-0.39, 0.29) is 0 Å². The zero-order valence-corrected chi connectivity index (χ0v) is 16.4. The number of nitrogens with one attached hydrogen (secondary N) is 1. The van der Waals surface area contributed by atoms with Crippen molar-refractivity contribution in [2.24, 2.45) is 10.9 Å². The van der Waals surface area contributed by atoms with Crippen LogP contribution in [0.1, 0.15) is 38.2 Å². The number of nitrogens with zero attached hydrogens (tertiary/aromatic N) is 3. The van der Waals surface area contributed by atoms with Crippen LogP contribution in [0.3, 0.4) is 0 Å². The second-order valence-electron chi connectivity index (χ2n) is 7.68. The fourth-order valence-corrected chi connectivity index (χ4v) is 4.11. The van der Waals surface area contributed by atoms with E-state index < -0.39 is 11.6 Å². The molecule has 1 aromatic carbocycles. The molecule has 1 unspecified atom stereocenters. The highest BCUT2D eigenvalue weighted by Gasteiger charge is 2.26. The van der Waals surface area contributed by atoms with Crippen LogP contribution < -0.4 is 5.32 Å². The highest BCUT2D eigenvalue weighted by atomic mass is 19.1. The average molecular weight is 379 g/mol. The minimum absolute atomic E-state index is 0.478. The van der Waals surface area contributed by atoms with Crippen LogP contribution in [0.4, 0.5) is 8.78 Å². The van der Waals surface area contributed by atoms with Crippen LogP contribution >= 0.6 is 0 Å². The highest BCUT2D eigenvalue weighted by molar-refractivity contribution is 5.80. The third-order valence-corrected chi connectivity index (χ3v) is 5.54. The summed E-state index contributed by atoms with van der Waals surface area (Å²) >= 11 is 0. The summed E-state index contributed by atoms with van der Waals surface area (Å²) in [6.07, 6.45) is 5.72. The van der Waals surface area contributed by atoms with E-state index in [2.05, 4.69) is 22.0 Å². The number of hydrogen-bond donors (Lipinski definition) is 1. The van der Waals surface area contributed by atoms with Gasteiger partial charge in [0.05, 0.1) is 0 Å². The van der Waals surface area contributed by atoms with Gasteiger partial charge < -0.3 is 15.1 Å². The van der Waals surface area contributed by atoms with Crippen LogP contribution in [0.15, 0.2) is 23.2 Å². The maximum Gasteiger partial charge on any atom is 0.193 e. The van der Waals surface area contributed by atoms with E-state index in [1.54, 1.807) is 0 Å². The molecule has 0 amide bonds. The van der Waals surface area contributed by atoms with Gasteiger partial charge in [0.2, 0.25) is 0 Å². The maximum absolute atomic E-state index is 13.8. The third-order valence-electron chi connectivity index (χ3n) is 5.54. The molecule has 2 saturated heterocycles. The molecule has 1 atom stereocenters. The highest BCUT2D eigenvalue weighted by Crippen LogP contribution is 2.20. The number of guanidine groups is 1. The molecule has 0 spiro atoms. The van der Waals surface area contributed by atoms with Gasteiger partial charge in [-0.2, -0.15) is 0 Å². The molecule has 1 N–H and O–H groups in total. The largest absolute Gasteiger partial charge is 0.357 e. The molecular weight excluding hydrogens is 346 g/mol. The van der Waals surface area contributed by atoms with Crippen LogP contribution in [-0.4, -0.2) is 61.6 Å². The minimum atomic E-state index is -0.537. The van der Waals surface area contributed by atoms with Gasteiger partial charge in [-0.1, -0.05) is 12.5 Å². The van der Waals surface area contributed by atoms with Crippen molar-refractivity contribution in [2.75, 3.05) is 45.8 Å². The average Bonchev–Trinajstić information content (AvgIpc) is 3.12. The first-order valence-corrected chi connectivity index (χ1v) is 10.3. The zero-order chi connectivity index (χ0) is 19.1. The van der Waals surface area contributed by atoms with E-state index in [0.717, 1.165) is 31.7 Å². The van der Waals surface area contributed by atoms with Crippen LogP contribution in [0.25, 0.3) is 0 Å². The maximum atomic E-state index is 13.8. The van der Waals surface area contributed by atoms with Gasteiger partial charge in [-0.3, -0.25) is 4.99 Å². The summed E-state index contributed by atoms with van der Waals surface area (Å²) in [5.41, 5.74) is 0.514. The van der Waals surface area contributed by atoms with E-state index in [0.29, 0.717) is 24.4 Å². The van der Waals surface area contributed by atoms with E-state index >= 15 is 0 Å². The zero-order valence-electron chi connectivity index (χ0n) is 16.4. The Hall–Kier alpha value is -1.69. The minimum Gasteiger partial charge on any atom is -0.357 e. The SMILES string of the molecule is CCNC(=NCCc1ccc(F)cc1F)N1CCC(CN2CCCCC2)C1. The lowest BCUT2D eigenvalue weighted by Crippen LogP contribution is -2.41. The van der Waals surface area contributed by atoms with Gasteiger partial charge in [-0.25, -0.2) is 8.78 Å². The molecule has 2 fully saturated rings. The molecule has 2 aliphatic heterocycles. The fraction of sp³-hybridized carbons (Fsp3) is 0.667. The van der Waals surface area contributed by atoms with Gasteiger partial charge >= 0.3 is 0 Å². The molecule has 6 heteroatoms. The predicted molar refractivity (Wildman–Crippen MR) is 106 cm³/mol. The summed E-state index contributed by atoms with van der Waals surface area (Å²) in [4.78, 5) is 9.64. The van der Waals surface area contributed by atoms with Crippen molar-refractivity contribution >= 4 is 5.96 Å². The van der Waals surface area contributed by atoms with Crippen LogP contribution in [-0.2, 0) is 6.42 Å². The summed E-state index contributed by atoms with van der Waals surface area (Å²) in [7, 11) is 0.